The first kappa shape index (κ1) is 25.0. The number of anilines is 2. The minimum Gasteiger partial charge on any atom is -0.387 e. The topological polar surface area (TPSA) is 235 Å². The smallest absolute Gasteiger partial charge is 0.340 e. The van der Waals surface area contributed by atoms with E-state index in [1.165, 1.54) is 29.5 Å². The molecule has 0 saturated carbocycles. The van der Waals surface area contributed by atoms with E-state index in [-0.39, 0.29) is 22.3 Å². The van der Waals surface area contributed by atoms with E-state index in [9.17, 15) is 24.2 Å². The van der Waals surface area contributed by atoms with Gasteiger partial charge in [0.15, 0.2) is 29.1 Å². The summed E-state index contributed by atoms with van der Waals surface area (Å²) in [5, 5.41) is 23.6. The van der Waals surface area contributed by atoms with Crippen molar-refractivity contribution in [2.45, 2.75) is 24.5 Å². The summed E-state index contributed by atoms with van der Waals surface area (Å²) < 4.78 is 34.4. The van der Waals surface area contributed by atoms with Gasteiger partial charge in [0.05, 0.1) is 19.1 Å². The van der Waals surface area contributed by atoms with Gasteiger partial charge in [-0.2, -0.15) is 9.97 Å². The van der Waals surface area contributed by atoms with Crippen molar-refractivity contribution in [3.8, 4) is 0 Å². The van der Waals surface area contributed by atoms with Crippen molar-refractivity contribution in [2.75, 3.05) is 17.8 Å². The van der Waals surface area contributed by atoms with E-state index in [0.29, 0.717) is 5.82 Å². The molecular formula is C15H18ClN7O9P2. The molecule has 0 bridgehead atoms. The molecule has 184 valence electrons. The summed E-state index contributed by atoms with van der Waals surface area (Å²) in [5.74, 6) is -0.875. The molecule has 19 heteroatoms. The number of hydrogen-bond donors (Lipinski definition) is 6. The fourth-order valence-corrected chi connectivity index (χ4v) is 5.94. The quantitative estimate of drug-likeness (QED) is 0.163. The van der Waals surface area contributed by atoms with Gasteiger partial charge < -0.3 is 39.5 Å². The Hall–Kier alpha value is -2.10. The SMILES string of the molecule is O=P(O)(O)CP(=O)(O)OCC1OC(n2cnc3c(Nc4cnccn4)nc(Cl)nc32)C(O)C1O. The predicted molar refractivity (Wildman–Crippen MR) is 114 cm³/mol. The molecule has 3 aromatic heterocycles. The van der Waals surface area contributed by atoms with Crippen molar-refractivity contribution in [1.29, 1.82) is 0 Å². The van der Waals surface area contributed by atoms with Gasteiger partial charge in [-0.15, -0.1) is 0 Å². The molecule has 0 amide bonds. The Labute approximate surface area is 195 Å². The van der Waals surface area contributed by atoms with Gasteiger partial charge in [-0.25, -0.2) is 9.97 Å². The lowest BCUT2D eigenvalue weighted by molar-refractivity contribution is -0.0483. The van der Waals surface area contributed by atoms with Crippen molar-refractivity contribution >= 4 is 49.6 Å². The molecule has 16 nitrogen and oxygen atoms in total. The average Bonchev–Trinajstić information content (AvgIpc) is 3.27. The highest BCUT2D eigenvalue weighted by molar-refractivity contribution is 7.70. The third-order valence-electron chi connectivity index (χ3n) is 4.62. The van der Waals surface area contributed by atoms with Gasteiger partial charge in [0.2, 0.25) is 5.28 Å². The highest BCUT2D eigenvalue weighted by atomic mass is 35.5. The van der Waals surface area contributed by atoms with Crippen LogP contribution in [0.25, 0.3) is 11.2 Å². The Bertz CT molecular complexity index is 1280. The molecule has 5 unspecified atom stereocenters. The maximum absolute atomic E-state index is 11.9. The van der Waals surface area contributed by atoms with Crippen molar-refractivity contribution in [3.05, 3.63) is 30.2 Å². The molecule has 4 heterocycles. The van der Waals surface area contributed by atoms with Crippen LogP contribution in [-0.2, 0) is 18.4 Å². The van der Waals surface area contributed by atoms with Crippen molar-refractivity contribution in [3.63, 3.8) is 0 Å². The van der Waals surface area contributed by atoms with E-state index < -0.39 is 52.2 Å². The molecule has 0 radical (unpaired) electrons. The summed E-state index contributed by atoms with van der Waals surface area (Å²) in [7, 11) is -9.52. The van der Waals surface area contributed by atoms with Gasteiger partial charge in [0.1, 0.15) is 24.1 Å². The normalized spacial score (nSPS) is 24.9. The van der Waals surface area contributed by atoms with Crippen LogP contribution in [-0.4, -0.2) is 85.2 Å². The van der Waals surface area contributed by atoms with Gasteiger partial charge >= 0.3 is 15.2 Å². The monoisotopic (exact) mass is 537 g/mol. The van der Waals surface area contributed by atoms with E-state index in [1.807, 2.05) is 0 Å². The molecule has 0 aromatic carbocycles. The highest BCUT2D eigenvalue weighted by Gasteiger charge is 2.45. The molecular weight excluding hydrogens is 520 g/mol. The lowest BCUT2D eigenvalue weighted by atomic mass is 10.1. The number of imidazole rings is 1. The molecule has 5 atom stereocenters. The Morgan fingerprint density at radius 2 is 1.91 bits per heavy atom. The van der Waals surface area contributed by atoms with Crippen LogP contribution in [0.2, 0.25) is 5.28 Å². The zero-order chi connectivity index (χ0) is 24.7. The third kappa shape index (κ3) is 5.58. The molecule has 6 N–H and O–H groups in total. The molecule has 4 rings (SSSR count). The average molecular weight is 538 g/mol. The van der Waals surface area contributed by atoms with Gasteiger partial charge in [0, 0.05) is 12.4 Å². The van der Waals surface area contributed by atoms with Gasteiger partial charge in [-0.3, -0.25) is 18.7 Å². The fraction of sp³-hybridized carbons (Fsp3) is 0.400. The molecule has 0 aliphatic carbocycles. The van der Waals surface area contributed by atoms with Crippen molar-refractivity contribution in [2.24, 2.45) is 0 Å². The summed E-state index contributed by atoms with van der Waals surface area (Å²) >= 11 is 6.04. The number of halogens is 1. The number of nitrogens with zero attached hydrogens (tertiary/aromatic N) is 6. The Morgan fingerprint density at radius 1 is 1.15 bits per heavy atom. The van der Waals surface area contributed by atoms with E-state index >= 15 is 0 Å². The number of fused-ring (bicyclic) bond motifs is 1. The van der Waals surface area contributed by atoms with Gasteiger partial charge in [0.25, 0.3) is 0 Å². The van der Waals surface area contributed by atoms with Crippen molar-refractivity contribution in [1.82, 2.24) is 29.5 Å². The van der Waals surface area contributed by atoms with E-state index in [0.717, 1.165) is 0 Å². The molecule has 3 aromatic rings. The molecule has 0 spiro atoms. The third-order valence-corrected chi connectivity index (χ3v) is 8.24. The number of rotatable bonds is 8. The minimum atomic E-state index is -4.83. The minimum absolute atomic E-state index is 0.124. The number of hydrogen-bond acceptors (Lipinski definition) is 12. The van der Waals surface area contributed by atoms with Crippen LogP contribution in [0.5, 0.6) is 0 Å². The van der Waals surface area contributed by atoms with Crippen LogP contribution < -0.4 is 5.32 Å². The van der Waals surface area contributed by atoms with Gasteiger partial charge in [-0.1, -0.05) is 0 Å². The first-order chi connectivity index (χ1) is 15.9. The largest absolute Gasteiger partial charge is 0.387 e. The Morgan fingerprint density at radius 3 is 2.59 bits per heavy atom. The van der Waals surface area contributed by atoms with Crippen LogP contribution in [0, 0.1) is 0 Å². The summed E-state index contributed by atoms with van der Waals surface area (Å²) in [6.45, 7) is -0.732. The van der Waals surface area contributed by atoms with Crippen LogP contribution in [0.15, 0.2) is 24.9 Å². The van der Waals surface area contributed by atoms with Gasteiger partial charge in [-0.05, 0) is 11.6 Å². The molecule has 1 saturated heterocycles. The molecule has 1 aliphatic heterocycles. The fourth-order valence-electron chi connectivity index (χ4n) is 3.21. The number of aromatic nitrogens is 6. The molecule has 1 aliphatic rings. The Balaban J connectivity index is 1.56. The summed E-state index contributed by atoms with van der Waals surface area (Å²) in [4.78, 5) is 47.7. The van der Waals surface area contributed by atoms with Crippen LogP contribution in [0.1, 0.15) is 6.23 Å². The summed E-state index contributed by atoms with van der Waals surface area (Å²) in [6.07, 6.45) is -0.0642. The second-order valence-electron chi connectivity index (χ2n) is 7.17. The lowest BCUT2D eigenvalue weighted by Gasteiger charge is -2.18. The van der Waals surface area contributed by atoms with E-state index in [1.54, 1.807) is 0 Å². The zero-order valence-electron chi connectivity index (χ0n) is 16.9. The van der Waals surface area contributed by atoms with E-state index in [2.05, 4.69) is 30.2 Å². The standard InChI is InChI=1S/C15H18ClN7O9P2/c16-15-21-12(20-8-3-17-1-2-18-8)9-13(22-15)23(5-19-9)14-11(25)10(24)7(32-14)4-31-34(29,30)6-33(26,27)28/h1-3,5,7,10-11,14,24-25H,4,6H2,(H,29,30)(H2,26,27,28)(H,18,20,21,22). The number of ether oxygens (including phenoxy) is 1. The molecule has 34 heavy (non-hydrogen) atoms. The maximum atomic E-state index is 11.9. The summed E-state index contributed by atoms with van der Waals surface area (Å²) in [6, 6.07) is 0. The first-order valence-electron chi connectivity index (χ1n) is 9.39. The predicted octanol–water partition coefficient (Wildman–Crippen LogP) is -0.0303. The lowest BCUT2D eigenvalue weighted by Crippen LogP contribution is -2.33. The number of nitrogens with one attached hydrogen (secondary N) is 1. The first-order valence-corrected chi connectivity index (χ1v) is 13.3. The number of aliphatic hydroxyl groups excluding tert-OH is 2. The maximum Gasteiger partial charge on any atom is 0.340 e. The van der Waals surface area contributed by atoms with Crippen molar-refractivity contribution < 1.29 is 43.3 Å². The highest BCUT2D eigenvalue weighted by Crippen LogP contribution is 2.55. The second-order valence-corrected chi connectivity index (χ2v) is 11.5. The second kappa shape index (κ2) is 9.51. The summed E-state index contributed by atoms with van der Waals surface area (Å²) in [5.41, 5.74) is 0.347. The Kier molecular flexibility index (Phi) is 6.99. The van der Waals surface area contributed by atoms with Crippen LogP contribution in [0.3, 0.4) is 0 Å². The zero-order valence-corrected chi connectivity index (χ0v) is 19.4. The van der Waals surface area contributed by atoms with Crippen LogP contribution in [0.4, 0.5) is 11.6 Å². The molecule has 1 fully saturated rings. The van der Waals surface area contributed by atoms with Crippen LogP contribution >= 0.6 is 26.8 Å². The van der Waals surface area contributed by atoms with E-state index in [4.69, 9.17) is 30.6 Å². The number of aliphatic hydroxyl groups is 2.